The zero-order valence-electron chi connectivity index (χ0n) is 14.8. The summed E-state index contributed by atoms with van der Waals surface area (Å²) in [5.41, 5.74) is 1.01. The van der Waals surface area contributed by atoms with E-state index in [1.54, 1.807) is 4.90 Å². The van der Waals surface area contributed by atoms with E-state index in [1.807, 2.05) is 42.3 Å². The molecule has 0 radical (unpaired) electrons. The molecule has 1 atom stereocenters. The highest BCUT2D eigenvalue weighted by Crippen LogP contribution is 2.22. The third-order valence-electron chi connectivity index (χ3n) is 5.27. The number of piperidine rings is 1. The standard InChI is InChI=1S/C19H27N3O2.ClH/c1-20-16-9-12-21(13-10-16)19(24)17-8-5-11-22(17)18(23)14-15-6-3-2-4-7-15;/h2-4,6-7,16-17,20H,5,8-14H2,1H3;1H. The second-order valence-corrected chi connectivity index (χ2v) is 6.80. The van der Waals surface area contributed by atoms with Crippen LogP contribution in [-0.2, 0) is 16.0 Å². The van der Waals surface area contributed by atoms with Gasteiger partial charge in [-0.3, -0.25) is 9.59 Å². The van der Waals surface area contributed by atoms with Crippen LogP contribution in [-0.4, -0.2) is 60.4 Å². The maximum atomic E-state index is 12.9. The number of rotatable bonds is 4. The maximum absolute atomic E-state index is 12.9. The lowest BCUT2D eigenvalue weighted by Gasteiger charge is -2.35. The van der Waals surface area contributed by atoms with Gasteiger partial charge in [-0.15, -0.1) is 12.4 Å². The number of nitrogens with one attached hydrogen (secondary N) is 1. The molecule has 1 N–H and O–H groups in total. The molecule has 0 saturated carbocycles. The second kappa shape index (κ2) is 9.20. The molecule has 2 fully saturated rings. The van der Waals surface area contributed by atoms with Crippen LogP contribution >= 0.6 is 12.4 Å². The summed E-state index contributed by atoms with van der Waals surface area (Å²) in [6.07, 6.45) is 4.08. The minimum Gasteiger partial charge on any atom is -0.341 e. The predicted octanol–water partition coefficient (Wildman–Crippen LogP) is 1.85. The second-order valence-electron chi connectivity index (χ2n) is 6.80. The third-order valence-corrected chi connectivity index (χ3v) is 5.27. The van der Waals surface area contributed by atoms with Crippen LogP contribution in [0.3, 0.4) is 0 Å². The first-order valence-corrected chi connectivity index (χ1v) is 8.98. The van der Waals surface area contributed by atoms with Gasteiger partial charge in [0.05, 0.1) is 6.42 Å². The summed E-state index contributed by atoms with van der Waals surface area (Å²) in [5.74, 6) is 0.214. The molecule has 2 aliphatic rings. The molecular weight excluding hydrogens is 338 g/mol. The van der Waals surface area contributed by atoms with Crippen LogP contribution in [0.2, 0.25) is 0 Å². The molecule has 25 heavy (non-hydrogen) atoms. The highest BCUT2D eigenvalue weighted by Gasteiger charge is 2.37. The van der Waals surface area contributed by atoms with Crippen molar-refractivity contribution in [1.82, 2.24) is 15.1 Å². The van der Waals surface area contributed by atoms with E-state index < -0.39 is 0 Å². The number of amides is 2. The number of nitrogens with zero attached hydrogens (tertiary/aromatic N) is 2. The van der Waals surface area contributed by atoms with Gasteiger partial charge in [0.15, 0.2) is 0 Å². The van der Waals surface area contributed by atoms with Gasteiger partial charge in [0, 0.05) is 25.7 Å². The Labute approximate surface area is 156 Å². The lowest BCUT2D eigenvalue weighted by atomic mass is 10.0. The van der Waals surface area contributed by atoms with Crippen LogP contribution in [0.5, 0.6) is 0 Å². The van der Waals surface area contributed by atoms with E-state index in [-0.39, 0.29) is 30.3 Å². The van der Waals surface area contributed by atoms with Crippen molar-refractivity contribution in [1.29, 1.82) is 0 Å². The molecule has 3 rings (SSSR count). The van der Waals surface area contributed by atoms with Gasteiger partial charge in [-0.2, -0.15) is 0 Å². The topological polar surface area (TPSA) is 52.7 Å². The summed E-state index contributed by atoms with van der Waals surface area (Å²) in [6, 6.07) is 10.0. The molecule has 6 heteroatoms. The molecule has 138 valence electrons. The largest absolute Gasteiger partial charge is 0.341 e. The van der Waals surface area contributed by atoms with Gasteiger partial charge in [0.25, 0.3) is 0 Å². The van der Waals surface area contributed by atoms with Gasteiger partial charge >= 0.3 is 0 Å². The fourth-order valence-electron chi connectivity index (χ4n) is 3.79. The minimum atomic E-state index is -0.257. The SMILES string of the molecule is CNC1CCN(C(=O)C2CCCN2C(=O)Cc2ccccc2)CC1.Cl. The highest BCUT2D eigenvalue weighted by molar-refractivity contribution is 5.89. The van der Waals surface area contributed by atoms with E-state index >= 15 is 0 Å². The Balaban J connectivity index is 0.00000225. The van der Waals surface area contributed by atoms with Crippen LogP contribution in [0.25, 0.3) is 0 Å². The van der Waals surface area contributed by atoms with E-state index in [9.17, 15) is 9.59 Å². The Morgan fingerprint density at radius 3 is 2.40 bits per heavy atom. The van der Waals surface area contributed by atoms with E-state index in [0.29, 0.717) is 19.0 Å². The van der Waals surface area contributed by atoms with Crippen molar-refractivity contribution in [3.05, 3.63) is 35.9 Å². The summed E-state index contributed by atoms with van der Waals surface area (Å²) in [4.78, 5) is 29.3. The van der Waals surface area contributed by atoms with Gasteiger partial charge in [0.1, 0.15) is 6.04 Å². The number of likely N-dealkylation sites (tertiary alicyclic amines) is 2. The summed E-state index contributed by atoms with van der Waals surface area (Å²) in [6.45, 7) is 2.29. The van der Waals surface area contributed by atoms with Crippen molar-refractivity contribution in [2.75, 3.05) is 26.7 Å². The molecule has 2 amide bonds. The normalized spacial score (nSPS) is 21.1. The first kappa shape index (κ1) is 19.7. The molecule has 5 nitrogen and oxygen atoms in total. The number of hydrogen-bond donors (Lipinski definition) is 1. The van der Waals surface area contributed by atoms with Crippen molar-refractivity contribution >= 4 is 24.2 Å². The number of carbonyl (C=O) groups excluding carboxylic acids is 2. The first-order valence-electron chi connectivity index (χ1n) is 8.98. The zero-order chi connectivity index (χ0) is 16.9. The van der Waals surface area contributed by atoms with Crippen LogP contribution < -0.4 is 5.32 Å². The Kier molecular flexibility index (Phi) is 7.26. The smallest absolute Gasteiger partial charge is 0.245 e. The number of carbonyl (C=O) groups is 2. The van der Waals surface area contributed by atoms with Crippen LogP contribution in [0.15, 0.2) is 30.3 Å². The molecule has 2 saturated heterocycles. The Hall–Kier alpha value is -1.59. The molecule has 2 aliphatic heterocycles. The molecule has 1 unspecified atom stereocenters. The first-order chi connectivity index (χ1) is 11.7. The molecule has 0 spiro atoms. The Morgan fingerprint density at radius 2 is 1.76 bits per heavy atom. The van der Waals surface area contributed by atoms with Gasteiger partial charge < -0.3 is 15.1 Å². The van der Waals surface area contributed by atoms with E-state index in [2.05, 4.69) is 5.32 Å². The maximum Gasteiger partial charge on any atom is 0.245 e. The van der Waals surface area contributed by atoms with Crippen LogP contribution in [0.4, 0.5) is 0 Å². The highest BCUT2D eigenvalue weighted by atomic mass is 35.5. The number of benzene rings is 1. The molecule has 0 aromatic heterocycles. The lowest BCUT2D eigenvalue weighted by Crippen LogP contribution is -2.51. The van der Waals surface area contributed by atoms with Crippen LogP contribution in [0, 0.1) is 0 Å². The summed E-state index contributed by atoms with van der Waals surface area (Å²) < 4.78 is 0. The Morgan fingerprint density at radius 1 is 1.08 bits per heavy atom. The third kappa shape index (κ3) is 4.73. The fraction of sp³-hybridized carbons (Fsp3) is 0.579. The van der Waals surface area contributed by atoms with Crippen molar-refractivity contribution in [3.8, 4) is 0 Å². The quantitative estimate of drug-likeness (QED) is 0.886. The van der Waals surface area contributed by atoms with Crippen LogP contribution in [0.1, 0.15) is 31.2 Å². The fourth-order valence-corrected chi connectivity index (χ4v) is 3.79. The average molecular weight is 366 g/mol. The minimum absolute atomic E-state index is 0. The van der Waals surface area contributed by atoms with Crippen molar-refractivity contribution in [3.63, 3.8) is 0 Å². The zero-order valence-corrected chi connectivity index (χ0v) is 15.6. The number of hydrogen-bond acceptors (Lipinski definition) is 3. The molecule has 1 aromatic rings. The Bertz CT molecular complexity index is 573. The van der Waals surface area contributed by atoms with Gasteiger partial charge in [-0.05, 0) is 38.3 Å². The van der Waals surface area contributed by atoms with Crippen molar-refractivity contribution in [2.45, 2.75) is 44.2 Å². The summed E-state index contributed by atoms with van der Waals surface area (Å²) in [7, 11) is 1.98. The molecule has 0 bridgehead atoms. The van der Waals surface area contributed by atoms with Gasteiger partial charge in [-0.25, -0.2) is 0 Å². The van der Waals surface area contributed by atoms with E-state index in [1.165, 1.54) is 0 Å². The molecular formula is C19H28ClN3O2. The average Bonchev–Trinajstić information content (AvgIpc) is 3.12. The van der Waals surface area contributed by atoms with E-state index in [0.717, 1.165) is 44.3 Å². The van der Waals surface area contributed by atoms with Crippen molar-refractivity contribution < 1.29 is 9.59 Å². The molecule has 2 heterocycles. The molecule has 1 aromatic carbocycles. The lowest BCUT2D eigenvalue weighted by molar-refractivity contribution is -0.144. The van der Waals surface area contributed by atoms with Crippen molar-refractivity contribution in [2.24, 2.45) is 0 Å². The van der Waals surface area contributed by atoms with Gasteiger partial charge in [-0.1, -0.05) is 30.3 Å². The predicted molar refractivity (Wildman–Crippen MR) is 101 cm³/mol. The van der Waals surface area contributed by atoms with Gasteiger partial charge in [0.2, 0.25) is 11.8 Å². The van der Waals surface area contributed by atoms with E-state index in [4.69, 9.17) is 0 Å². The molecule has 0 aliphatic carbocycles. The number of halogens is 1. The monoisotopic (exact) mass is 365 g/mol. The summed E-state index contributed by atoms with van der Waals surface area (Å²) >= 11 is 0. The summed E-state index contributed by atoms with van der Waals surface area (Å²) in [5, 5.41) is 3.28.